The van der Waals surface area contributed by atoms with Gasteiger partial charge < -0.3 is 9.47 Å². The first-order valence-electron chi connectivity index (χ1n) is 23.4. The first-order valence-corrected chi connectivity index (χ1v) is 23.4. The van der Waals surface area contributed by atoms with E-state index in [0.717, 1.165) is 28.3 Å². The average Bonchev–Trinajstić information content (AvgIpc) is 3.76. The zero-order valence-electron chi connectivity index (χ0n) is 37.3. The maximum atomic E-state index is 2.42. The summed E-state index contributed by atoms with van der Waals surface area (Å²) in [5.74, 6) is 0. The zero-order valence-corrected chi connectivity index (χ0v) is 37.3. The summed E-state index contributed by atoms with van der Waals surface area (Å²) >= 11 is 0. The van der Waals surface area contributed by atoms with Crippen molar-refractivity contribution in [3.8, 4) is 50.2 Å². The van der Waals surface area contributed by atoms with Crippen LogP contribution in [0.1, 0.15) is 0 Å². The number of benzene rings is 12. The minimum atomic E-state index is 1.08. The molecule has 0 N–H and O–H groups in total. The molecule has 2 heteroatoms. The Labute approximate surface area is 395 Å². The maximum Gasteiger partial charge on any atom is 0.0619 e. The van der Waals surface area contributed by atoms with Gasteiger partial charge in [0.2, 0.25) is 0 Å². The van der Waals surface area contributed by atoms with Crippen LogP contribution in [0.3, 0.4) is 0 Å². The van der Waals surface area contributed by atoms with E-state index in [1.54, 1.807) is 0 Å². The predicted molar refractivity (Wildman–Crippen MR) is 290 cm³/mol. The van der Waals surface area contributed by atoms with Crippen LogP contribution in [0.2, 0.25) is 0 Å². The summed E-state index contributed by atoms with van der Waals surface area (Å²) in [5.41, 5.74) is 16.4. The van der Waals surface area contributed by atoms with Crippen LogP contribution >= 0.6 is 0 Å². The summed E-state index contributed by atoms with van der Waals surface area (Å²) in [4.78, 5) is 2.42. The van der Waals surface area contributed by atoms with Gasteiger partial charge in [-0.15, -0.1) is 0 Å². The van der Waals surface area contributed by atoms with Gasteiger partial charge in [-0.2, -0.15) is 0 Å². The summed E-state index contributed by atoms with van der Waals surface area (Å²) in [6.45, 7) is 0. The van der Waals surface area contributed by atoms with E-state index in [2.05, 4.69) is 276 Å². The van der Waals surface area contributed by atoms with Crippen molar-refractivity contribution in [1.29, 1.82) is 0 Å². The lowest BCUT2D eigenvalue weighted by Gasteiger charge is -2.27. The molecule has 13 rings (SSSR count). The molecule has 68 heavy (non-hydrogen) atoms. The summed E-state index contributed by atoms with van der Waals surface area (Å²) in [6, 6.07) is 97.5. The highest BCUT2D eigenvalue weighted by molar-refractivity contribution is 6.22. The largest absolute Gasteiger partial charge is 0.310 e. The molecule has 0 aliphatic heterocycles. The van der Waals surface area contributed by atoms with Gasteiger partial charge >= 0.3 is 0 Å². The number of aromatic nitrogens is 1. The van der Waals surface area contributed by atoms with E-state index in [-0.39, 0.29) is 0 Å². The van der Waals surface area contributed by atoms with E-state index in [0.29, 0.717) is 0 Å². The number of fused-ring (bicyclic) bond motifs is 7. The Morgan fingerprint density at radius 1 is 0.265 bits per heavy atom. The monoisotopic (exact) mass is 864 g/mol. The maximum absolute atomic E-state index is 2.42. The van der Waals surface area contributed by atoms with Crippen LogP contribution in [-0.4, -0.2) is 4.57 Å². The van der Waals surface area contributed by atoms with E-state index in [1.165, 1.54) is 93.1 Å². The third-order valence-electron chi connectivity index (χ3n) is 13.8. The van der Waals surface area contributed by atoms with Crippen LogP contribution in [0.25, 0.3) is 104 Å². The second kappa shape index (κ2) is 16.5. The van der Waals surface area contributed by atoms with Crippen molar-refractivity contribution < 1.29 is 0 Å². The molecule has 0 spiro atoms. The summed E-state index contributed by atoms with van der Waals surface area (Å²) in [6.07, 6.45) is 0. The minimum absolute atomic E-state index is 1.08. The molecular weight excluding hydrogens is 821 g/mol. The van der Waals surface area contributed by atoms with Crippen LogP contribution in [0.5, 0.6) is 0 Å². The molecule has 0 radical (unpaired) electrons. The van der Waals surface area contributed by atoms with Crippen LogP contribution in [0.15, 0.2) is 267 Å². The number of para-hydroxylation sites is 3. The molecule has 12 aromatic carbocycles. The lowest BCUT2D eigenvalue weighted by Crippen LogP contribution is -2.10. The summed E-state index contributed by atoms with van der Waals surface area (Å²) in [7, 11) is 0. The molecule has 1 heterocycles. The van der Waals surface area contributed by atoms with Gasteiger partial charge in [0, 0.05) is 39.1 Å². The van der Waals surface area contributed by atoms with Crippen LogP contribution in [-0.2, 0) is 0 Å². The van der Waals surface area contributed by atoms with Gasteiger partial charge in [-0.3, -0.25) is 0 Å². The van der Waals surface area contributed by atoms with Crippen molar-refractivity contribution in [3.05, 3.63) is 267 Å². The third kappa shape index (κ3) is 6.57. The smallest absolute Gasteiger partial charge is 0.0619 e. The van der Waals surface area contributed by atoms with Gasteiger partial charge in [0.1, 0.15) is 0 Å². The molecular formula is C66H44N2. The number of nitrogens with zero attached hydrogens (tertiary/aromatic N) is 2. The fraction of sp³-hybridized carbons (Fsp3) is 0. The van der Waals surface area contributed by atoms with E-state index in [9.17, 15) is 0 Å². The van der Waals surface area contributed by atoms with Crippen LogP contribution in [0.4, 0.5) is 17.1 Å². The van der Waals surface area contributed by atoms with Crippen LogP contribution < -0.4 is 4.90 Å². The second-order valence-electron chi connectivity index (χ2n) is 17.6. The van der Waals surface area contributed by atoms with Gasteiger partial charge in [-0.1, -0.05) is 212 Å². The lowest BCUT2D eigenvalue weighted by atomic mass is 9.85. The molecule has 0 saturated heterocycles. The standard InChI is InChI=1S/C66H44N2/c1-4-19-48(20-5-1)64-60-29-13-12-27-57(60)58-43-42-53(44-62(58)65(64)49-21-6-2-7-22-49)67(51-38-34-46(35-39-51)55-30-16-23-45-18-10-11-26-54(45)55)52-40-36-47(37-41-52)56-31-17-32-61-59-28-14-15-33-63(59)68(66(56)61)50-24-8-3-9-25-50/h1-44H. The Morgan fingerprint density at radius 2 is 0.735 bits per heavy atom. The van der Waals surface area contributed by atoms with Crippen molar-refractivity contribution in [2.45, 2.75) is 0 Å². The fourth-order valence-corrected chi connectivity index (χ4v) is 10.7. The molecule has 0 bridgehead atoms. The van der Waals surface area contributed by atoms with Crippen LogP contribution in [0, 0.1) is 0 Å². The Hall–Kier alpha value is -8.98. The molecule has 0 amide bonds. The zero-order chi connectivity index (χ0) is 45.0. The molecule has 0 aliphatic carbocycles. The molecule has 2 nitrogen and oxygen atoms in total. The van der Waals surface area contributed by atoms with Crippen molar-refractivity contribution in [1.82, 2.24) is 4.57 Å². The van der Waals surface area contributed by atoms with Crippen molar-refractivity contribution in [3.63, 3.8) is 0 Å². The number of hydrogen-bond donors (Lipinski definition) is 0. The highest BCUT2D eigenvalue weighted by Crippen LogP contribution is 2.47. The highest BCUT2D eigenvalue weighted by Gasteiger charge is 2.22. The molecule has 1 aromatic heterocycles. The molecule has 0 aliphatic rings. The molecule has 13 aromatic rings. The van der Waals surface area contributed by atoms with Gasteiger partial charge in [0.05, 0.1) is 11.0 Å². The normalized spacial score (nSPS) is 11.5. The molecule has 318 valence electrons. The van der Waals surface area contributed by atoms with Gasteiger partial charge in [0.15, 0.2) is 0 Å². The van der Waals surface area contributed by atoms with E-state index in [4.69, 9.17) is 0 Å². The predicted octanol–water partition coefficient (Wildman–Crippen LogP) is 18.4. The quantitative estimate of drug-likeness (QED) is 0.138. The summed E-state index contributed by atoms with van der Waals surface area (Å²) in [5, 5.41) is 9.90. The third-order valence-corrected chi connectivity index (χ3v) is 13.8. The lowest BCUT2D eigenvalue weighted by molar-refractivity contribution is 1.18. The van der Waals surface area contributed by atoms with Gasteiger partial charge in [0.25, 0.3) is 0 Å². The molecule has 0 unspecified atom stereocenters. The Balaban J connectivity index is 1.02. The Morgan fingerprint density at radius 3 is 1.43 bits per heavy atom. The second-order valence-corrected chi connectivity index (χ2v) is 17.6. The SMILES string of the molecule is c1ccc(-c2c(-c3ccccc3)c3cc(N(c4ccc(-c5cccc6ccccc56)cc4)c4ccc(-c5cccc6c7ccccc7n(-c7ccccc7)c56)cc4)ccc3c3ccccc23)cc1. The number of rotatable bonds is 8. The van der Waals surface area contributed by atoms with Crippen molar-refractivity contribution in [2.75, 3.05) is 4.90 Å². The van der Waals surface area contributed by atoms with E-state index < -0.39 is 0 Å². The minimum Gasteiger partial charge on any atom is -0.310 e. The fourth-order valence-electron chi connectivity index (χ4n) is 10.7. The first kappa shape index (κ1) is 39.4. The molecule has 0 fully saturated rings. The van der Waals surface area contributed by atoms with Crippen molar-refractivity contribution in [2.24, 2.45) is 0 Å². The molecule has 0 atom stereocenters. The topological polar surface area (TPSA) is 8.17 Å². The Kier molecular flexibility index (Phi) is 9.54. The number of hydrogen-bond acceptors (Lipinski definition) is 1. The van der Waals surface area contributed by atoms with Gasteiger partial charge in [-0.05, 0) is 126 Å². The van der Waals surface area contributed by atoms with E-state index in [1.807, 2.05) is 0 Å². The first-order chi connectivity index (χ1) is 33.8. The Bertz CT molecular complexity index is 3980. The average molecular weight is 865 g/mol. The molecule has 0 saturated carbocycles. The van der Waals surface area contributed by atoms with E-state index >= 15 is 0 Å². The highest BCUT2D eigenvalue weighted by atomic mass is 15.1. The van der Waals surface area contributed by atoms with Crippen molar-refractivity contribution >= 4 is 71.2 Å². The van der Waals surface area contributed by atoms with Gasteiger partial charge in [-0.25, -0.2) is 0 Å². The summed E-state index contributed by atoms with van der Waals surface area (Å²) < 4.78 is 2.42. The number of anilines is 3.